The Bertz CT molecular complexity index is 795. The topological polar surface area (TPSA) is 41.6 Å². The number of piperazine rings is 1. The summed E-state index contributed by atoms with van der Waals surface area (Å²) in [7, 11) is 0. The highest BCUT2D eigenvalue weighted by Crippen LogP contribution is 2.32. The van der Waals surface area contributed by atoms with Crippen LogP contribution >= 0.6 is 0 Å². The van der Waals surface area contributed by atoms with E-state index in [2.05, 4.69) is 11.4 Å². The SMILES string of the molecule is O=C(CC1OCCc2ccccc21)N1CCNCC1c1cccc(F)c1. The van der Waals surface area contributed by atoms with Gasteiger partial charge >= 0.3 is 0 Å². The molecule has 2 atom stereocenters. The Balaban J connectivity index is 1.53. The molecule has 0 saturated carbocycles. The van der Waals surface area contributed by atoms with E-state index in [-0.39, 0.29) is 23.9 Å². The molecule has 4 nitrogen and oxygen atoms in total. The molecule has 1 saturated heterocycles. The molecule has 136 valence electrons. The van der Waals surface area contributed by atoms with Crippen molar-refractivity contribution < 1.29 is 13.9 Å². The summed E-state index contributed by atoms with van der Waals surface area (Å²) in [6.45, 7) is 2.65. The van der Waals surface area contributed by atoms with Crippen LogP contribution in [0.15, 0.2) is 48.5 Å². The van der Waals surface area contributed by atoms with Gasteiger partial charge in [0.25, 0.3) is 0 Å². The highest BCUT2D eigenvalue weighted by molar-refractivity contribution is 5.78. The van der Waals surface area contributed by atoms with Crippen molar-refractivity contribution in [3.8, 4) is 0 Å². The number of rotatable bonds is 3. The normalized spacial score (nSPS) is 22.7. The van der Waals surface area contributed by atoms with Crippen molar-refractivity contribution in [1.29, 1.82) is 0 Å². The van der Waals surface area contributed by atoms with Gasteiger partial charge in [-0.05, 0) is 35.2 Å². The maximum Gasteiger partial charge on any atom is 0.226 e. The summed E-state index contributed by atoms with van der Waals surface area (Å²) in [5, 5.41) is 3.31. The summed E-state index contributed by atoms with van der Waals surface area (Å²) in [5.41, 5.74) is 3.21. The number of carbonyl (C=O) groups is 1. The molecule has 1 amide bonds. The highest BCUT2D eigenvalue weighted by atomic mass is 19.1. The predicted molar refractivity (Wildman–Crippen MR) is 97.2 cm³/mol. The van der Waals surface area contributed by atoms with Gasteiger partial charge in [-0.2, -0.15) is 0 Å². The van der Waals surface area contributed by atoms with Crippen molar-refractivity contribution in [2.75, 3.05) is 26.2 Å². The van der Waals surface area contributed by atoms with Crippen LogP contribution in [0, 0.1) is 5.82 Å². The van der Waals surface area contributed by atoms with Crippen LogP contribution in [0.3, 0.4) is 0 Å². The molecule has 0 radical (unpaired) electrons. The van der Waals surface area contributed by atoms with Gasteiger partial charge in [-0.1, -0.05) is 36.4 Å². The van der Waals surface area contributed by atoms with Gasteiger partial charge in [0.1, 0.15) is 5.82 Å². The monoisotopic (exact) mass is 354 g/mol. The lowest BCUT2D eigenvalue weighted by Gasteiger charge is -2.38. The van der Waals surface area contributed by atoms with Crippen LogP contribution in [0.2, 0.25) is 0 Å². The third kappa shape index (κ3) is 3.50. The van der Waals surface area contributed by atoms with E-state index in [1.54, 1.807) is 6.07 Å². The van der Waals surface area contributed by atoms with E-state index in [0.717, 1.165) is 24.1 Å². The average molecular weight is 354 g/mol. The second-order valence-electron chi connectivity index (χ2n) is 6.87. The van der Waals surface area contributed by atoms with E-state index in [1.165, 1.54) is 17.7 Å². The predicted octanol–water partition coefficient (Wildman–Crippen LogP) is 3.00. The minimum absolute atomic E-state index is 0.0578. The Morgan fingerprint density at radius 3 is 3.00 bits per heavy atom. The Morgan fingerprint density at radius 1 is 1.23 bits per heavy atom. The minimum Gasteiger partial charge on any atom is -0.373 e. The minimum atomic E-state index is -0.273. The molecule has 2 heterocycles. The van der Waals surface area contributed by atoms with Crippen molar-refractivity contribution in [1.82, 2.24) is 10.2 Å². The lowest BCUT2D eigenvalue weighted by Crippen LogP contribution is -2.49. The molecule has 2 unspecified atom stereocenters. The molecule has 26 heavy (non-hydrogen) atoms. The van der Waals surface area contributed by atoms with Crippen LogP contribution in [-0.4, -0.2) is 37.0 Å². The van der Waals surface area contributed by atoms with E-state index >= 15 is 0 Å². The molecule has 0 bridgehead atoms. The lowest BCUT2D eigenvalue weighted by atomic mass is 9.95. The molecular formula is C21H23FN2O2. The lowest BCUT2D eigenvalue weighted by molar-refractivity contribution is -0.138. The first-order valence-electron chi connectivity index (χ1n) is 9.17. The van der Waals surface area contributed by atoms with E-state index in [1.807, 2.05) is 29.2 Å². The molecule has 1 N–H and O–H groups in total. The fraction of sp³-hybridized carbons (Fsp3) is 0.381. The number of nitrogens with one attached hydrogen (secondary N) is 1. The number of fused-ring (bicyclic) bond motifs is 1. The van der Waals surface area contributed by atoms with Crippen molar-refractivity contribution in [2.24, 2.45) is 0 Å². The molecular weight excluding hydrogens is 331 g/mol. The van der Waals surface area contributed by atoms with Crippen molar-refractivity contribution in [3.05, 3.63) is 71.0 Å². The molecule has 5 heteroatoms. The number of nitrogens with zero attached hydrogens (tertiary/aromatic N) is 1. The fourth-order valence-corrected chi connectivity index (χ4v) is 3.94. The van der Waals surface area contributed by atoms with Crippen molar-refractivity contribution in [3.63, 3.8) is 0 Å². The zero-order valence-corrected chi connectivity index (χ0v) is 14.7. The molecule has 0 spiro atoms. The molecule has 0 aromatic heterocycles. The Labute approximate surface area is 153 Å². The number of ether oxygens (including phenoxy) is 1. The summed E-state index contributed by atoms with van der Waals surface area (Å²) >= 11 is 0. The van der Waals surface area contributed by atoms with Gasteiger partial charge in [0.05, 0.1) is 25.2 Å². The van der Waals surface area contributed by atoms with E-state index in [4.69, 9.17) is 4.74 Å². The third-order valence-electron chi connectivity index (χ3n) is 5.25. The maximum atomic E-state index is 13.6. The second-order valence-corrected chi connectivity index (χ2v) is 6.87. The first kappa shape index (κ1) is 17.2. The number of amides is 1. The summed E-state index contributed by atoms with van der Waals surface area (Å²) in [6, 6.07) is 14.6. The summed E-state index contributed by atoms with van der Waals surface area (Å²) in [6.07, 6.45) is 1.01. The third-order valence-corrected chi connectivity index (χ3v) is 5.25. The van der Waals surface area contributed by atoms with E-state index in [9.17, 15) is 9.18 Å². The zero-order chi connectivity index (χ0) is 17.9. The summed E-state index contributed by atoms with van der Waals surface area (Å²) in [4.78, 5) is 14.9. The quantitative estimate of drug-likeness (QED) is 0.921. The largest absolute Gasteiger partial charge is 0.373 e. The van der Waals surface area contributed by atoms with Crippen LogP contribution in [0.5, 0.6) is 0 Å². The van der Waals surface area contributed by atoms with Crippen LogP contribution in [0.25, 0.3) is 0 Å². The Morgan fingerprint density at radius 2 is 2.12 bits per heavy atom. The molecule has 1 fully saturated rings. The molecule has 0 aliphatic carbocycles. The smallest absolute Gasteiger partial charge is 0.226 e. The molecule has 2 aromatic carbocycles. The maximum absolute atomic E-state index is 13.6. The van der Waals surface area contributed by atoms with Gasteiger partial charge in [-0.25, -0.2) is 4.39 Å². The van der Waals surface area contributed by atoms with Gasteiger partial charge in [-0.15, -0.1) is 0 Å². The molecule has 2 aliphatic heterocycles. The summed E-state index contributed by atoms with van der Waals surface area (Å²) < 4.78 is 19.5. The van der Waals surface area contributed by atoms with Gasteiger partial charge < -0.3 is 15.0 Å². The number of hydrogen-bond acceptors (Lipinski definition) is 3. The van der Waals surface area contributed by atoms with Crippen LogP contribution in [-0.2, 0) is 16.0 Å². The van der Waals surface area contributed by atoms with Crippen LogP contribution in [0.4, 0.5) is 4.39 Å². The molecule has 2 aromatic rings. The van der Waals surface area contributed by atoms with Crippen LogP contribution in [0.1, 0.15) is 35.3 Å². The van der Waals surface area contributed by atoms with Crippen molar-refractivity contribution >= 4 is 5.91 Å². The fourth-order valence-electron chi connectivity index (χ4n) is 3.94. The van der Waals surface area contributed by atoms with Crippen LogP contribution < -0.4 is 5.32 Å². The second kappa shape index (κ2) is 7.56. The van der Waals surface area contributed by atoms with Gasteiger partial charge in [0, 0.05) is 19.6 Å². The van der Waals surface area contributed by atoms with E-state index < -0.39 is 0 Å². The van der Waals surface area contributed by atoms with Gasteiger partial charge in [0.2, 0.25) is 5.91 Å². The Kier molecular flexibility index (Phi) is 5.00. The first-order chi connectivity index (χ1) is 12.7. The zero-order valence-electron chi connectivity index (χ0n) is 14.7. The number of halogens is 1. The Hall–Kier alpha value is -2.24. The van der Waals surface area contributed by atoms with Gasteiger partial charge in [0.15, 0.2) is 0 Å². The molecule has 2 aliphatic rings. The highest BCUT2D eigenvalue weighted by Gasteiger charge is 2.31. The number of hydrogen-bond donors (Lipinski definition) is 1. The van der Waals surface area contributed by atoms with Crippen molar-refractivity contribution in [2.45, 2.75) is 25.0 Å². The number of benzene rings is 2. The van der Waals surface area contributed by atoms with Gasteiger partial charge in [-0.3, -0.25) is 4.79 Å². The van der Waals surface area contributed by atoms with E-state index in [0.29, 0.717) is 26.1 Å². The first-order valence-corrected chi connectivity index (χ1v) is 9.17. The standard InChI is InChI=1S/C21H23FN2O2/c22-17-6-3-5-16(12-17)19-14-23-9-10-24(19)21(25)13-20-18-7-2-1-4-15(18)8-11-26-20/h1-7,12,19-20,23H,8-11,13-14H2. The average Bonchev–Trinajstić information content (AvgIpc) is 2.68. The molecule has 4 rings (SSSR count). The summed E-state index contributed by atoms with van der Waals surface area (Å²) in [5.74, 6) is -0.215. The number of carbonyl (C=O) groups excluding carboxylic acids is 1.